The van der Waals surface area contributed by atoms with E-state index in [1.807, 2.05) is 13.8 Å². The molecule has 7 heteroatoms. The maximum absolute atomic E-state index is 12.8. The third kappa shape index (κ3) is 3.36. The first-order chi connectivity index (χ1) is 9.26. The molecular formula is C13H17BrClNO3S. The van der Waals surface area contributed by atoms with E-state index in [1.165, 1.54) is 4.31 Å². The van der Waals surface area contributed by atoms with E-state index in [0.717, 1.165) is 5.56 Å². The molecule has 0 radical (unpaired) electrons. The van der Waals surface area contributed by atoms with Crippen LogP contribution >= 0.6 is 27.5 Å². The molecule has 0 unspecified atom stereocenters. The molecule has 1 fully saturated rings. The zero-order chi connectivity index (χ0) is 15.0. The van der Waals surface area contributed by atoms with Gasteiger partial charge in [0, 0.05) is 23.4 Å². The van der Waals surface area contributed by atoms with Gasteiger partial charge in [-0.3, -0.25) is 0 Å². The highest BCUT2D eigenvalue weighted by molar-refractivity contribution is 9.10. The molecule has 1 aliphatic rings. The van der Waals surface area contributed by atoms with Gasteiger partial charge in [-0.1, -0.05) is 6.07 Å². The third-order valence-corrected chi connectivity index (χ3v) is 6.31. The van der Waals surface area contributed by atoms with Crippen molar-refractivity contribution in [1.82, 2.24) is 4.31 Å². The van der Waals surface area contributed by atoms with Gasteiger partial charge in [-0.15, -0.1) is 11.6 Å². The summed E-state index contributed by atoms with van der Waals surface area (Å²) in [5, 5.41) is 0. The molecule has 1 aromatic rings. The highest BCUT2D eigenvalue weighted by Gasteiger charge is 2.35. The highest BCUT2D eigenvalue weighted by Crippen LogP contribution is 2.29. The minimum absolute atomic E-state index is 0.258. The predicted molar refractivity (Wildman–Crippen MR) is 82.5 cm³/mol. The van der Waals surface area contributed by atoms with E-state index in [4.69, 9.17) is 16.3 Å². The minimum Gasteiger partial charge on any atom is -0.373 e. The van der Waals surface area contributed by atoms with Crippen LogP contribution < -0.4 is 0 Å². The molecule has 0 atom stereocenters. The fraction of sp³-hybridized carbons (Fsp3) is 0.538. The summed E-state index contributed by atoms with van der Waals surface area (Å²) in [5.74, 6) is 0.282. The number of benzene rings is 1. The Kier molecular flexibility index (Phi) is 4.81. The first-order valence-corrected chi connectivity index (χ1v) is 9.01. The molecule has 1 saturated heterocycles. The maximum atomic E-state index is 12.8. The first kappa shape index (κ1) is 16.2. The second kappa shape index (κ2) is 5.93. The van der Waals surface area contributed by atoms with Gasteiger partial charge in [0.05, 0.1) is 17.1 Å². The number of alkyl halides is 1. The summed E-state index contributed by atoms with van der Waals surface area (Å²) in [6, 6.07) is 5.14. The molecule has 20 heavy (non-hydrogen) atoms. The lowest BCUT2D eigenvalue weighted by atomic mass is 10.1. The van der Waals surface area contributed by atoms with E-state index in [0.29, 0.717) is 24.2 Å². The zero-order valence-corrected chi connectivity index (χ0v) is 14.6. The smallest absolute Gasteiger partial charge is 0.244 e. The summed E-state index contributed by atoms with van der Waals surface area (Å²) in [6.07, 6.45) is 0. The Balaban J connectivity index is 2.40. The van der Waals surface area contributed by atoms with E-state index < -0.39 is 15.6 Å². The van der Waals surface area contributed by atoms with Crippen molar-refractivity contribution in [2.75, 3.05) is 19.7 Å². The molecule has 0 bridgehead atoms. The number of hydrogen-bond donors (Lipinski definition) is 0. The van der Waals surface area contributed by atoms with Crippen molar-refractivity contribution in [3.05, 3.63) is 28.2 Å². The van der Waals surface area contributed by atoms with Crippen LogP contribution in [-0.4, -0.2) is 38.0 Å². The quantitative estimate of drug-likeness (QED) is 0.755. The number of morpholine rings is 1. The van der Waals surface area contributed by atoms with Crippen molar-refractivity contribution >= 4 is 37.6 Å². The normalized spacial score (nSPS) is 20.0. The highest BCUT2D eigenvalue weighted by atomic mass is 79.9. The van der Waals surface area contributed by atoms with Crippen molar-refractivity contribution in [2.45, 2.75) is 30.2 Å². The topological polar surface area (TPSA) is 46.6 Å². The Morgan fingerprint density at radius 2 is 2.15 bits per heavy atom. The number of halogens is 2. The largest absolute Gasteiger partial charge is 0.373 e. The standard InChI is InChI=1S/C13H17BrClNO3S/c1-13(2)9-16(5-6-19-13)20(17,18)12-7-10(8-15)3-4-11(12)14/h3-4,7H,5-6,8-9H2,1-2H3. The van der Waals surface area contributed by atoms with Gasteiger partial charge in [-0.25, -0.2) is 8.42 Å². The van der Waals surface area contributed by atoms with Gasteiger partial charge in [0.1, 0.15) is 0 Å². The summed E-state index contributed by atoms with van der Waals surface area (Å²) in [6.45, 7) is 4.88. The third-order valence-electron chi connectivity index (χ3n) is 3.16. The lowest BCUT2D eigenvalue weighted by Gasteiger charge is -2.37. The average molecular weight is 383 g/mol. The molecule has 1 aliphatic heterocycles. The molecule has 0 aliphatic carbocycles. The summed E-state index contributed by atoms with van der Waals surface area (Å²) in [7, 11) is -3.55. The van der Waals surface area contributed by atoms with Crippen molar-refractivity contribution < 1.29 is 13.2 Å². The lowest BCUT2D eigenvalue weighted by Crippen LogP contribution is -2.50. The van der Waals surface area contributed by atoms with E-state index >= 15 is 0 Å². The van der Waals surface area contributed by atoms with Gasteiger partial charge < -0.3 is 4.74 Å². The van der Waals surface area contributed by atoms with Gasteiger partial charge >= 0.3 is 0 Å². The monoisotopic (exact) mass is 381 g/mol. The van der Waals surface area contributed by atoms with Crippen molar-refractivity contribution in [2.24, 2.45) is 0 Å². The number of ether oxygens (including phenoxy) is 1. The second-order valence-corrected chi connectivity index (χ2v) is 8.37. The van der Waals surface area contributed by atoms with Crippen molar-refractivity contribution in [3.63, 3.8) is 0 Å². The lowest BCUT2D eigenvalue weighted by molar-refractivity contribution is -0.0640. The molecule has 1 aromatic carbocycles. The van der Waals surface area contributed by atoms with Crippen LogP contribution in [-0.2, 0) is 20.6 Å². The van der Waals surface area contributed by atoms with Crippen LogP contribution in [0.25, 0.3) is 0 Å². The summed E-state index contributed by atoms with van der Waals surface area (Å²) < 4.78 is 33.1. The number of sulfonamides is 1. The Morgan fingerprint density at radius 1 is 1.45 bits per heavy atom. The van der Waals surface area contributed by atoms with Gasteiger partial charge in [0.25, 0.3) is 0 Å². The second-order valence-electron chi connectivity index (χ2n) is 5.35. The molecule has 0 amide bonds. The van der Waals surface area contributed by atoms with Crippen molar-refractivity contribution in [1.29, 1.82) is 0 Å². The molecular weight excluding hydrogens is 366 g/mol. The maximum Gasteiger partial charge on any atom is 0.244 e. The van der Waals surface area contributed by atoms with E-state index in [-0.39, 0.29) is 10.8 Å². The summed E-state index contributed by atoms with van der Waals surface area (Å²) >= 11 is 9.10. The molecule has 2 rings (SSSR count). The van der Waals surface area contributed by atoms with E-state index in [2.05, 4.69) is 15.9 Å². The van der Waals surface area contributed by atoms with Crippen LogP contribution in [0.5, 0.6) is 0 Å². The van der Waals surface area contributed by atoms with Gasteiger partial charge in [0.15, 0.2) is 0 Å². The average Bonchev–Trinajstić information content (AvgIpc) is 2.38. The predicted octanol–water partition coefficient (Wildman–Crippen LogP) is 2.99. The van der Waals surface area contributed by atoms with Gasteiger partial charge in [-0.05, 0) is 47.5 Å². The molecule has 1 heterocycles. The molecule has 0 aromatic heterocycles. The van der Waals surface area contributed by atoms with Gasteiger partial charge in [-0.2, -0.15) is 4.31 Å². The Bertz CT molecular complexity index is 604. The van der Waals surface area contributed by atoms with Crippen LogP contribution in [0.1, 0.15) is 19.4 Å². The van der Waals surface area contributed by atoms with Crippen LogP contribution in [0.2, 0.25) is 0 Å². The summed E-state index contributed by atoms with van der Waals surface area (Å²) in [4.78, 5) is 0.258. The van der Waals surface area contributed by atoms with Crippen LogP contribution in [0.15, 0.2) is 27.6 Å². The Morgan fingerprint density at radius 3 is 2.75 bits per heavy atom. The molecule has 4 nitrogen and oxygen atoms in total. The fourth-order valence-corrected chi connectivity index (χ4v) is 4.86. The number of nitrogens with zero attached hydrogens (tertiary/aromatic N) is 1. The van der Waals surface area contributed by atoms with Crippen LogP contribution in [0, 0.1) is 0 Å². The van der Waals surface area contributed by atoms with Crippen LogP contribution in [0.4, 0.5) is 0 Å². The first-order valence-electron chi connectivity index (χ1n) is 6.25. The summed E-state index contributed by atoms with van der Waals surface area (Å²) in [5.41, 5.74) is 0.308. The zero-order valence-electron chi connectivity index (χ0n) is 11.4. The molecule has 0 spiro atoms. The van der Waals surface area contributed by atoms with E-state index in [9.17, 15) is 8.42 Å². The fourth-order valence-electron chi connectivity index (χ4n) is 2.15. The van der Waals surface area contributed by atoms with E-state index in [1.54, 1.807) is 18.2 Å². The number of rotatable bonds is 3. The van der Waals surface area contributed by atoms with Gasteiger partial charge in [0.2, 0.25) is 10.0 Å². The van der Waals surface area contributed by atoms with Crippen molar-refractivity contribution in [3.8, 4) is 0 Å². The number of hydrogen-bond acceptors (Lipinski definition) is 3. The Labute approximate surface area is 133 Å². The molecule has 0 N–H and O–H groups in total. The molecule has 112 valence electrons. The SMILES string of the molecule is CC1(C)CN(S(=O)(=O)c2cc(CCl)ccc2Br)CCO1. The molecule has 0 saturated carbocycles. The van der Waals surface area contributed by atoms with Crippen LogP contribution in [0.3, 0.4) is 0 Å². The Hall–Kier alpha value is -0.140. The minimum atomic E-state index is -3.55.